The molecule has 20 heavy (non-hydrogen) atoms. The second-order valence-electron chi connectivity index (χ2n) is 5.79. The predicted molar refractivity (Wildman–Crippen MR) is 87.4 cm³/mol. The van der Waals surface area contributed by atoms with Crippen LogP contribution < -0.4 is 5.73 Å². The zero-order valence-corrected chi connectivity index (χ0v) is 13.0. The Labute approximate surface area is 125 Å². The van der Waals surface area contributed by atoms with Crippen molar-refractivity contribution in [3.05, 3.63) is 57.3 Å². The van der Waals surface area contributed by atoms with Crippen molar-refractivity contribution < 1.29 is 0 Å². The molecule has 3 rings (SSSR count). The summed E-state index contributed by atoms with van der Waals surface area (Å²) in [4.78, 5) is 1.40. The molecular weight excluding hydrogens is 262 g/mol. The summed E-state index contributed by atoms with van der Waals surface area (Å²) < 4.78 is 0. The van der Waals surface area contributed by atoms with E-state index in [2.05, 4.69) is 42.6 Å². The van der Waals surface area contributed by atoms with E-state index >= 15 is 0 Å². The summed E-state index contributed by atoms with van der Waals surface area (Å²) in [7, 11) is 0. The van der Waals surface area contributed by atoms with Crippen LogP contribution in [0.2, 0.25) is 0 Å². The van der Waals surface area contributed by atoms with Crippen molar-refractivity contribution >= 4 is 11.3 Å². The molecule has 1 nitrogen and oxygen atoms in total. The second-order valence-corrected chi connectivity index (χ2v) is 6.74. The van der Waals surface area contributed by atoms with E-state index in [0.717, 1.165) is 12.8 Å². The first-order valence-electron chi connectivity index (χ1n) is 7.69. The molecule has 0 saturated heterocycles. The topological polar surface area (TPSA) is 26.0 Å². The van der Waals surface area contributed by atoms with Gasteiger partial charge < -0.3 is 5.73 Å². The first kappa shape index (κ1) is 13.8. The first-order valence-corrected chi connectivity index (χ1v) is 8.57. The monoisotopic (exact) mass is 285 g/mol. The van der Waals surface area contributed by atoms with E-state index in [1.54, 1.807) is 5.56 Å². The van der Waals surface area contributed by atoms with Crippen molar-refractivity contribution in [2.24, 2.45) is 5.73 Å². The highest BCUT2D eigenvalue weighted by Gasteiger charge is 2.23. The van der Waals surface area contributed by atoms with Crippen molar-refractivity contribution in [2.75, 3.05) is 0 Å². The summed E-state index contributed by atoms with van der Waals surface area (Å²) in [5, 5.41) is 2.18. The van der Waals surface area contributed by atoms with Crippen molar-refractivity contribution in [2.45, 2.75) is 51.0 Å². The zero-order valence-electron chi connectivity index (χ0n) is 12.1. The fourth-order valence-corrected chi connectivity index (χ4v) is 4.49. The molecule has 0 bridgehead atoms. The molecule has 1 aliphatic rings. The molecule has 1 aromatic heterocycles. The Hall–Kier alpha value is -1.12. The van der Waals surface area contributed by atoms with Gasteiger partial charge in [-0.05, 0) is 66.2 Å². The van der Waals surface area contributed by atoms with E-state index in [1.165, 1.54) is 35.3 Å². The molecule has 0 radical (unpaired) electrons. The lowest BCUT2D eigenvalue weighted by molar-refractivity contribution is 0.478. The van der Waals surface area contributed by atoms with Gasteiger partial charge in [0.1, 0.15) is 0 Å². The Morgan fingerprint density at radius 3 is 3.00 bits per heavy atom. The van der Waals surface area contributed by atoms with Crippen molar-refractivity contribution in [3.8, 4) is 0 Å². The van der Waals surface area contributed by atoms with E-state index < -0.39 is 0 Å². The molecule has 0 spiro atoms. The third kappa shape index (κ3) is 2.68. The van der Waals surface area contributed by atoms with Gasteiger partial charge in [-0.1, -0.05) is 31.2 Å². The van der Waals surface area contributed by atoms with Gasteiger partial charge in [-0.25, -0.2) is 0 Å². The molecule has 0 saturated carbocycles. The smallest absolute Gasteiger partial charge is 0.0398 e. The lowest BCUT2D eigenvalue weighted by Crippen LogP contribution is -2.18. The van der Waals surface area contributed by atoms with Crippen LogP contribution in [0.5, 0.6) is 0 Å². The number of hydrogen-bond donors (Lipinski definition) is 1. The maximum absolute atomic E-state index is 6.51. The normalized spacial score (nSPS) is 19.6. The third-order valence-electron chi connectivity index (χ3n) is 4.53. The lowest BCUT2D eigenvalue weighted by atomic mass is 9.79. The van der Waals surface area contributed by atoms with Crippen molar-refractivity contribution in [3.63, 3.8) is 0 Å². The highest BCUT2D eigenvalue weighted by atomic mass is 32.1. The number of benzene rings is 1. The van der Waals surface area contributed by atoms with Gasteiger partial charge in [-0.15, -0.1) is 11.3 Å². The van der Waals surface area contributed by atoms with E-state index in [-0.39, 0.29) is 6.04 Å². The fourth-order valence-electron chi connectivity index (χ4n) is 3.48. The average Bonchev–Trinajstić information content (AvgIpc) is 2.96. The maximum Gasteiger partial charge on any atom is 0.0398 e. The minimum absolute atomic E-state index is 0.195. The van der Waals surface area contributed by atoms with Gasteiger partial charge in [0.05, 0.1) is 0 Å². The molecule has 0 fully saturated rings. The van der Waals surface area contributed by atoms with Crippen LogP contribution in [0.3, 0.4) is 0 Å². The third-order valence-corrected chi connectivity index (χ3v) is 5.62. The quantitative estimate of drug-likeness (QED) is 0.856. The SMILES string of the molecule is CCc1ccsc1C(N)CC1CCCc2ccccc21. The molecule has 2 N–H and O–H groups in total. The standard InChI is InChI=1S/C18H23NS/c1-2-13-10-11-20-18(13)17(19)12-15-8-5-7-14-6-3-4-9-16(14)15/h3-4,6,9-11,15,17H,2,5,7-8,12,19H2,1H3. The molecule has 1 aliphatic carbocycles. The minimum Gasteiger partial charge on any atom is -0.323 e. The Balaban J connectivity index is 1.79. The van der Waals surface area contributed by atoms with Crippen molar-refractivity contribution in [1.82, 2.24) is 0 Å². The number of fused-ring (bicyclic) bond motifs is 1. The molecule has 2 aromatic rings. The largest absolute Gasteiger partial charge is 0.323 e. The molecule has 1 heterocycles. The van der Waals surface area contributed by atoms with Crippen LogP contribution >= 0.6 is 11.3 Å². The van der Waals surface area contributed by atoms with Gasteiger partial charge in [0, 0.05) is 10.9 Å². The lowest BCUT2D eigenvalue weighted by Gasteiger charge is -2.27. The van der Waals surface area contributed by atoms with Crippen LogP contribution in [-0.4, -0.2) is 0 Å². The van der Waals surface area contributed by atoms with Crippen molar-refractivity contribution in [1.29, 1.82) is 0 Å². The van der Waals surface area contributed by atoms with Gasteiger partial charge in [0.15, 0.2) is 0 Å². The van der Waals surface area contributed by atoms with Crippen LogP contribution in [0.25, 0.3) is 0 Å². The molecule has 0 amide bonds. The average molecular weight is 285 g/mol. The Morgan fingerprint density at radius 1 is 1.30 bits per heavy atom. The molecule has 0 aliphatic heterocycles. The zero-order chi connectivity index (χ0) is 13.9. The number of aryl methyl sites for hydroxylation is 2. The van der Waals surface area contributed by atoms with Gasteiger partial charge in [0.2, 0.25) is 0 Å². The van der Waals surface area contributed by atoms with Crippen LogP contribution in [0, 0.1) is 0 Å². The predicted octanol–water partition coefficient (Wildman–Crippen LogP) is 4.82. The van der Waals surface area contributed by atoms with E-state index in [1.807, 2.05) is 11.3 Å². The molecular formula is C18H23NS. The summed E-state index contributed by atoms with van der Waals surface area (Å²) in [5.41, 5.74) is 11.0. The van der Waals surface area contributed by atoms with Crippen LogP contribution in [0.4, 0.5) is 0 Å². The first-order chi connectivity index (χ1) is 9.79. The maximum atomic E-state index is 6.51. The number of hydrogen-bond acceptors (Lipinski definition) is 2. The van der Waals surface area contributed by atoms with Gasteiger partial charge >= 0.3 is 0 Å². The minimum atomic E-state index is 0.195. The van der Waals surface area contributed by atoms with Gasteiger partial charge in [0.25, 0.3) is 0 Å². The van der Waals surface area contributed by atoms with E-state index in [0.29, 0.717) is 5.92 Å². The number of thiophene rings is 1. The molecule has 2 atom stereocenters. The molecule has 2 heteroatoms. The van der Waals surface area contributed by atoms with E-state index in [4.69, 9.17) is 5.73 Å². The summed E-state index contributed by atoms with van der Waals surface area (Å²) in [6.07, 6.45) is 6.01. The Bertz CT molecular complexity index is 572. The highest BCUT2D eigenvalue weighted by molar-refractivity contribution is 7.10. The highest BCUT2D eigenvalue weighted by Crippen LogP contribution is 2.38. The van der Waals surface area contributed by atoms with Crippen LogP contribution in [0.15, 0.2) is 35.7 Å². The fraction of sp³-hybridized carbons (Fsp3) is 0.444. The molecule has 106 valence electrons. The second kappa shape index (κ2) is 6.11. The van der Waals surface area contributed by atoms with E-state index in [9.17, 15) is 0 Å². The summed E-state index contributed by atoms with van der Waals surface area (Å²) in [6.45, 7) is 2.22. The number of rotatable bonds is 4. The Kier molecular flexibility index (Phi) is 4.23. The van der Waals surface area contributed by atoms with Gasteiger partial charge in [-0.2, -0.15) is 0 Å². The van der Waals surface area contributed by atoms with Gasteiger partial charge in [-0.3, -0.25) is 0 Å². The molecule has 1 aromatic carbocycles. The summed E-state index contributed by atoms with van der Waals surface area (Å²) in [5.74, 6) is 0.641. The Morgan fingerprint density at radius 2 is 2.15 bits per heavy atom. The van der Waals surface area contributed by atoms with Crippen LogP contribution in [0.1, 0.15) is 59.7 Å². The van der Waals surface area contributed by atoms with Crippen LogP contribution in [-0.2, 0) is 12.8 Å². The summed E-state index contributed by atoms with van der Waals surface area (Å²) >= 11 is 1.83. The summed E-state index contributed by atoms with van der Waals surface area (Å²) in [6, 6.07) is 11.4. The number of nitrogens with two attached hydrogens (primary N) is 1. The molecule has 2 unspecified atom stereocenters.